The van der Waals surface area contributed by atoms with Gasteiger partial charge in [0.15, 0.2) is 5.13 Å². The van der Waals surface area contributed by atoms with E-state index >= 15 is 0 Å². The summed E-state index contributed by atoms with van der Waals surface area (Å²) in [6, 6.07) is 4.87. The molecule has 0 aliphatic carbocycles. The summed E-state index contributed by atoms with van der Waals surface area (Å²) in [7, 11) is 1.31. The molecule has 0 bridgehead atoms. The second kappa shape index (κ2) is 5.36. The summed E-state index contributed by atoms with van der Waals surface area (Å²) < 4.78 is 18.3. The quantitative estimate of drug-likeness (QED) is 0.875. The van der Waals surface area contributed by atoms with Crippen LogP contribution in [0, 0.1) is 19.7 Å². The summed E-state index contributed by atoms with van der Waals surface area (Å²) in [5.74, 6) is -0.792. The number of hydrogen-bond donors (Lipinski definition) is 1. The van der Waals surface area contributed by atoms with E-state index in [4.69, 9.17) is 0 Å². The molecule has 0 saturated heterocycles. The molecule has 0 unspecified atom stereocenters. The van der Waals surface area contributed by atoms with E-state index in [0.717, 1.165) is 16.9 Å². The topological polar surface area (TPSA) is 51.2 Å². The Morgan fingerprint density at radius 2 is 2.16 bits per heavy atom. The molecule has 1 aromatic carbocycles. The maximum atomic E-state index is 13.7. The lowest BCUT2D eigenvalue weighted by Crippen LogP contribution is -1.99. The van der Waals surface area contributed by atoms with Crippen LogP contribution in [0.4, 0.5) is 15.2 Å². The first-order chi connectivity index (χ1) is 9.01. The third-order valence-corrected chi connectivity index (χ3v) is 3.59. The van der Waals surface area contributed by atoms with Crippen LogP contribution in [-0.2, 0) is 4.74 Å². The molecule has 6 heteroatoms. The van der Waals surface area contributed by atoms with E-state index in [9.17, 15) is 9.18 Å². The Kier molecular flexibility index (Phi) is 3.80. The second-order valence-electron chi connectivity index (χ2n) is 4.03. The third kappa shape index (κ3) is 2.90. The smallest absolute Gasteiger partial charge is 0.350 e. The van der Waals surface area contributed by atoms with Crippen LogP contribution in [0.15, 0.2) is 18.2 Å². The van der Waals surface area contributed by atoms with Crippen molar-refractivity contribution >= 4 is 28.1 Å². The first-order valence-electron chi connectivity index (χ1n) is 5.60. The molecule has 0 radical (unpaired) electrons. The van der Waals surface area contributed by atoms with Crippen LogP contribution in [0.2, 0.25) is 0 Å². The number of hydrogen-bond acceptors (Lipinski definition) is 5. The molecule has 0 aliphatic heterocycles. The van der Waals surface area contributed by atoms with Crippen LogP contribution in [0.1, 0.15) is 20.9 Å². The summed E-state index contributed by atoms with van der Waals surface area (Å²) in [5.41, 5.74) is 1.73. The average molecular weight is 280 g/mol. The Balaban J connectivity index is 2.26. The molecule has 0 spiro atoms. The zero-order valence-corrected chi connectivity index (χ0v) is 11.6. The van der Waals surface area contributed by atoms with Crippen LogP contribution in [0.5, 0.6) is 0 Å². The van der Waals surface area contributed by atoms with E-state index < -0.39 is 5.97 Å². The van der Waals surface area contributed by atoms with Gasteiger partial charge in [0.2, 0.25) is 0 Å². The molecular weight excluding hydrogens is 267 g/mol. The molecule has 0 aliphatic rings. The van der Waals surface area contributed by atoms with Crippen molar-refractivity contribution < 1.29 is 13.9 Å². The highest BCUT2D eigenvalue weighted by Gasteiger charge is 2.16. The summed E-state index contributed by atoms with van der Waals surface area (Å²) in [6.45, 7) is 3.52. The molecule has 1 N–H and O–H groups in total. The molecule has 0 fully saturated rings. The molecule has 4 nitrogen and oxygen atoms in total. The Morgan fingerprint density at radius 1 is 1.42 bits per heavy atom. The predicted molar refractivity (Wildman–Crippen MR) is 72.6 cm³/mol. The van der Waals surface area contributed by atoms with Gasteiger partial charge in [-0.3, -0.25) is 0 Å². The normalized spacial score (nSPS) is 10.3. The molecule has 1 aromatic heterocycles. The highest BCUT2D eigenvalue weighted by atomic mass is 32.1. The average Bonchev–Trinajstić information content (AvgIpc) is 2.73. The van der Waals surface area contributed by atoms with E-state index in [1.165, 1.54) is 13.2 Å². The highest BCUT2D eigenvalue weighted by Crippen LogP contribution is 2.27. The number of methoxy groups -OCH3 is 1. The number of nitrogens with one attached hydrogen (secondary N) is 1. The number of aryl methyl sites for hydroxylation is 2. The van der Waals surface area contributed by atoms with Crippen molar-refractivity contribution in [2.45, 2.75) is 13.8 Å². The molecule has 1 heterocycles. The molecule has 19 heavy (non-hydrogen) atoms. The van der Waals surface area contributed by atoms with Crippen LogP contribution in [-0.4, -0.2) is 18.1 Å². The van der Waals surface area contributed by atoms with Crippen LogP contribution >= 0.6 is 11.3 Å². The van der Waals surface area contributed by atoms with Crippen LogP contribution in [0.25, 0.3) is 0 Å². The minimum absolute atomic E-state index is 0.329. The van der Waals surface area contributed by atoms with Gasteiger partial charge in [-0.2, -0.15) is 0 Å². The van der Waals surface area contributed by atoms with Crippen molar-refractivity contribution in [1.82, 2.24) is 4.98 Å². The zero-order chi connectivity index (χ0) is 14.0. The van der Waals surface area contributed by atoms with E-state index in [2.05, 4.69) is 15.0 Å². The van der Waals surface area contributed by atoms with Crippen molar-refractivity contribution in [3.05, 3.63) is 40.2 Å². The predicted octanol–water partition coefficient (Wildman–Crippen LogP) is 3.43. The van der Waals surface area contributed by atoms with Crippen LogP contribution in [0.3, 0.4) is 0 Å². The minimum Gasteiger partial charge on any atom is -0.465 e. The lowest BCUT2D eigenvalue weighted by atomic mass is 10.2. The van der Waals surface area contributed by atoms with Gasteiger partial charge in [-0.1, -0.05) is 17.4 Å². The number of carbonyl (C=O) groups is 1. The van der Waals surface area contributed by atoms with Gasteiger partial charge >= 0.3 is 5.97 Å². The van der Waals surface area contributed by atoms with Gasteiger partial charge < -0.3 is 10.1 Å². The van der Waals surface area contributed by atoms with Crippen molar-refractivity contribution in [1.29, 1.82) is 0 Å². The highest BCUT2D eigenvalue weighted by molar-refractivity contribution is 7.17. The zero-order valence-electron chi connectivity index (χ0n) is 10.8. The van der Waals surface area contributed by atoms with E-state index in [1.54, 1.807) is 19.1 Å². The lowest BCUT2D eigenvalue weighted by molar-refractivity contribution is 0.0605. The number of aromatic nitrogens is 1. The summed E-state index contributed by atoms with van der Waals surface area (Å²) in [4.78, 5) is 16.1. The number of rotatable bonds is 3. The Morgan fingerprint density at radius 3 is 2.79 bits per heavy atom. The number of esters is 1. The molecular formula is C13H13FN2O2S. The van der Waals surface area contributed by atoms with Gasteiger partial charge in [-0.25, -0.2) is 14.2 Å². The lowest BCUT2D eigenvalue weighted by Gasteiger charge is -2.04. The van der Waals surface area contributed by atoms with Crippen molar-refractivity contribution in [2.75, 3.05) is 12.4 Å². The monoisotopic (exact) mass is 280 g/mol. The molecule has 2 aromatic rings. The number of thiazole rings is 1. The summed E-state index contributed by atoms with van der Waals surface area (Å²) in [6.07, 6.45) is 0. The number of nitrogens with zero attached hydrogens (tertiary/aromatic N) is 1. The van der Waals surface area contributed by atoms with E-state index in [0.29, 0.717) is 21.4 Å². The summed E-state index contributed by atoms with van der Waals surface area (Å²) >= 11 is 1.14. The van der Waals surface area contributed by atoms with Crippen molar-refractivity contribution in [3.8, 4) is 0 Å². The molecule has 100 valence electrons. The fourth-order valence-corrected chi connectivity index (χ4v) is 2.47. The fourth-order valence-electron chi connectivity index (χ4n) is 1.57. The standard InChI is InChI=1S/C13H13FN2O2S/c1-7-4-5-10(9(14)6-7)16-13-15-8(2)11(19-13)12(17)18-3/h4-6H,1-3H3,(H,15,16). The molecule has 0 atom stereocenters. The van der Waals surface area contributed by atoms with E-state index in [-0.39, 0.29) is 5.82 Å². The second-order valence-corrected chi connectivity index (χ2v) is 5.03. The van der Waals surface area contributed by atoms with Gasteiger partial charge in [-0.05, 0) is 31.5 Å². The number of anilines is 2. The number of halogens is 1. The largest absolute Gasteiger partial charge is 0.465 e. The SMILES string of the molecule is COC(=O)c1sc(Nc2ccc(C)cc2F)nc1C. The minimum atomic E-state index is -0.438. The van der Waals surface area contributed by atoms with Gasteiger partial charge in [0.25, 0.3) is 0 Å². The fraction of sp³-hybridized carbons (Fsp3) is 0.231. The van der Waals surface area contributed by atoms with Gasteiger partial charge in [-0.15, -0.1) is 0 Å². The van der Waals surface area contributed by atoms with Gasteiger partial charge in [0, 0.05) is 0 Å². The number of benzene rings is 1. The van der Waals surface area contributed by atoms with Crippen LogP contribution < -0.4 is 5.32 Å². The summed E-state index contributed by atoms with van der Waals surface area (Å²) in [5, 5.41) is 3.32. The molecule has 2 rings (SSSR count). The molecule has 0 saturated carbocycles. The Bertz CT molecular complexity index is 625. The first kappa shape index (κ1) is 13.5. The van der Waals surface area contributed by atoms with Crippen molar-refractivity contribution in [3.63, 3.8) is 0 Å². The number of carbonyl (C=O) groups excluding carboxylic acids is 1. The van der Waals surface area contributed by atoms with Gasteiger partial charge in [0.1, 0.15) is 10.7 Å². The molecule has 0 amide bonds. The van der Waals surface area contributed by atoms with Gasteiger partial charge in [0.05, 0.1) is 18.5 Å². The third-order valence-electron chi connectivity index (χ3n) is 2.53. The maximum Gasteiger partial charge on any atom is 0.350 e. The number of ether oxygens (including phenoxy) is 1. The first-order valence-corrected chi connectivity index (χ1v) is 6.42. The van der Waals surface area contributed by atoms with Crippen molar-refractivity contribution in [2.24, 2.45) is 0 Å². The Labute approximate surface area is 114 Å². The van der Waals surface area contributed by atoms with E-state index in [1.807, 2.05) is 6.92 Å². The Hall–Kier alpha value is -1.95. The maximum absolute atomic E-state index is 13.7.